The summed E-state index contributed by atoms with van der Waals surface area (Å²) in [6.45, 7) is 6.20. The van der Waals surface area contributed by atoms with Gasteiger partial charge in [-0.3, -0.25) is 4.79 Å². The van der Waals surface area contributed by atoms with E-state index >= 15 is 0 Å². The summed E-state index contributed by atoms with van der Waals surface area (Å²) in [5.41, 5.74) is 2.46. The van der Waals surface area contributed by atoms with E-state index in [0.717, 1.165) is 16.8 Å². The van der Waals surface area contributed by atoms with E-state index in [2.05, 4.69) is 25.8 Å². The lowest BCUT2D eigenvalue weighted by Crippen LogP contribution is -2.13. The third-order valence-corrected chi connectivity index (χ3v) is 4.10. The number of hydrogen-bond acceptors (Lipinski definition) is 3. The summed E-state index contributed by atoms with van der Waals surface area (Å²) in [6.07, 6.45) is 0.709. The molecule has 0 spiro atoms. The second-order valence-electron chi connectivity index (χ2n) is 6.34. The third kappa shape index (κ3) is 2.84. The van der Waals surface area contributed by atoms with Crippen LogP contribution in [0.4, 0.5) is 0 Å². The van der Waals surface area contributed by atoms with Crippen molar-refractivity contribution in [2.75, 3.05) is 0 Å². The minimum Gasteiger partial charge on any atom is -0.298 e. The second-order valence-corrected chi connectivity index (χ2v) is 7.14. The van der Waals surface area contributed by atoms with E-state index in [1.165, 1.54) is 0 Å². The molecule has 2 heterocycles. The molecule has 0 atom stereocenters. The zero-order valence-electron chi connectivity index (χ0n) is 13.0. The van der Waals surface area contributed by atoms with Crippen LogP contribution < -0.4 is 0 Å². The Morgan fingerprint density at radius 3 is 2.35 bits per heavy atom. The van der Waals surface area contributed by atoms with Crippen LogP contribution >= 0.6 is 23.2 Å². The van der Waals surface area contributed by atoms with Gasteiger partial charge >= 0.3 is 0 Å². The van der Waals surface area contributed by atoms with Gasteiger partial charge in [0.25, 0.3) is 0 Å². The Labute approximate surface area is 144 Å². The number of hydrogen-bond donors (Lipinski definition) is 0. The Morgan fingerprint density at radius 1 is 1.13 bits per heavy atom. The molecule has 0 unspecified atom stereocenters. The van der Waals surface area contributed by atoms with Crippen molar-refractivity contribution < 1.29 is 4.79 Å². The highest BCUT2D eigenvalue weighted by atomic mass is 35.5. The first-order valence-corrected chi connectivity index (χ1v) is 7.88. The summed E-state index contributed by atoms with van der Waals surface area (Å²) < 4.78 is 1.73. The highest BCUT2D eigenvalue weighted by Gasteiger charge is 2.24. The lowest BCUT2D eigenvalue weighted by atomic mass is 9.90. The molecule has 0 N–H and O–H groups in total. The van der Waals surface area contributed by atoms with Crippen molar-refractivity contribution >= 4 is 40.5 Å². The van der Waals surface area contributed by atoms with Crippen LogP contribution in [0.15, 0.2) is 30.3 Å². The Bertz CT molecular complexity index is 893. The van der Waals surface area contributed by atoms with Crippen LogP contribution in [0.1, 0.15) is 36.8 Å². The molecule has 0 saturated heterocycles. The zero-order valence-corrected chi connectivity index (χ0v) is 14.5. The van der Waals surface area contributed by atoms with Crippen molar-refractivity contribution in [3.63, 3.8) is 0 Å². The van der Waals surface area contributed by atoms with E-state index in [4.69, 9.17) is 28.3 Å². The van der Waals surface area contributed by atoms with Crippen LogP contribution in [0.3, 0.4) is 0 Å². The molecule has 2 aromatic heterocycles. The quantitative estimate of drug-likeness (QED) is 0.492. The molecule has 3 aromatic rings. The summed E-state index contributed by atoms with van der Waals surface area (Å²) in [6, 6.07) is 9.07. The predicted octanol–water partition coefficient (Wildman–Crippen LogP) is 4.84. The lowest BCUT2D eigenvalue weighted by molar-refractivity contribution is 0.112. The fraction of sp³-hybridized carbons (Fsp3) is 0.235. The SMILES string of the molecule is CC(C)(C)c1nn(-c2ccc(Cl)cc2)c2nc(Cl)c(C=O)cc12. The minimum absolute atomic E-state index is 0.170. The highest BCUT2D eigenvalue weighted by Crippen LogP contribution is 2.32. The van der Waals surface area contributed by atoms with Crippen LogP contribution in [0.25, 0.3) is 16.7 Å². The topological polar surface area (TPSA) is 47.8 Å². The first kappa shape index (κ1) is 16.0. The fourth-order valence-corrected chi connectivity index (χ4v) is 2.74. The maximum atomic E-state index is 11.2. The first-order valence-electron chi connectivity index (χ1n) is 7.12. The molecule has 6 heteroatoms. The zero-order chi connectivity index (χ0) is 16.8. The first-order chi connectivity index (χ1) is 10.8. The summed E-state index contributed by atoms with van der Waals surface area (Å²) in [7, 11) is 0. The molecule has 0 aliphatic heterocycles. The van der Waals surface area contributed by atoms with Gasteiger partial charge in [-0.15, -0.1) is 0 Å². The Kier molecular flexibility index (Phi) is 3.90. The molecule has 3 rings (SSSR count). The molecule has 0 radical (unpaired) electrons. The number of rotatable bonds is 2. The van der Waals surface area contributed by atoms with Gasteiger partial charge in [-0.1, -0.05) is 44.0 Å². The minimum atomic E-state index is -0.203. The number of aldehydes is 1. The van der Waals surface area contributed by atoms with Gasteiger partial charge in [-0.2, -0.15) is 5.10 Å². The molecule has 0 bridgehead atoms. The van der Waals surface area contributed by atoms with Crippen molar-refractivity contribution in [2.45, 2.75) is 26.2 Å². The molecule has 118 valence electrons. The number of halogens is 2. The number of nitrogens with zero attached hydrogens (tertiary/aromatic N) is 3. The van der Waals surface area contributed by atoms with Crippen molar-refractivity contribution in [1.29, 1.82) is 0 Å². The van der Waals surface area contributed by atoms with Gasteiger partial charge < -0.3 is 0 Å². The van der Waals surface area contributed by atoms with E-state index in [1.807, 2.05) is 12.1 Å². The molecule has 0 saturated carbocycles. The summed E-state index contributed by atoms with van der Waals surface area (Å²) >= 11 is 12.1. The molecule has 4 nitrogen and oxygen atoms in total. The average Bonchev–Trinajstić information content (AvgIpc) is 2.85. The van der Waals surface area contributed by atoms with Gasteiger partial charge in [-0.05, 0) is 30.3 Å². The Balaban J connectivity index is 2.36. The number of benzene rings is 1. The molecular formula is C17H15Cl2N3O. The lowest BCUT2D eigenvalue weighted by Gasteiger charge is -2.15. The monoisotopic (exact) mass is 347 g/mol. The van der Waals surface area contributed by atoms with Crippen molar-refractivity contribution in [3.05, 3.63) is 51.8 Å². The van der Waals surface area contributed by atoms with Gasteiger partial charge in [0.1, 0.15) is 5.15 Å². The highest BCUT2D eigenvalue weighted by molar-refractivity contribution is 6.32. The molecule has 0 aliphatic rings. The van der Waals surface area contributed by atoms with Gasteiger partial charge in [0.05, 0.1) is 16.9 Å². The fourth-order valence-electron chi connectivity index (χ4n) is 2.43. The number of pyridine rings is 1. The van der Waals surface area contributed by atoms with E-state index in [1.54, 1.807) is 22.9 Å². The van der Waals surface area contributed by atoms with Crippen LogP contribution in [-0.4, -0.2) is 21.1 Å². The molecule has 23 heavy (non-hydrogen) atoms. The molecule has 0 fully saturated rings. The number of carbonyl (C=O) groups excluding carboxylic acids is 1. The normalized spacial score (nSPS) is 11.9. The second kappa shape index (κ2) is 5.62. The van der Waals surface area contributed by atoms with Crippen LogP contribution in [-0.2, 0) is 5.41 Å². The number of carbonyl (C=O) groups is 1. The number of aromatic nitrogens is 3. The van der Waals surface area contributed by atoms with Gasteiger partial charge in [-0.25, -0.2) is 9.67 Å². The third-order valence-electron chi connectivity index (χ3n) is 3.55. The Morgan fingerprint density at radius 2 is 1.78 bits per heavy atom. The maximum absolute atomic E-state index is 11.2. The van der Waals surface area contributed by atoms with Gasteiger partial charge in [0.15, 0.2) is 11.9 Å². The van der Waals surface area contributed by atoms with Gasteiger partial charge in [0.2, 0.25) is 0 Å². The van der Waals surface area contributed by atoms with E-state index in [9.17, 15) is 4.79 Å². The largest absolute Gasteiger partial charge is 0.298 e. The Hall–Kier alpha value is -1.91. The van der Waals surface area contributed by atoms with Gasteiger partial charge in [0, 0.05) is 15.8 Å². The summed E-state index contributed by atoms with van der Waals surface area (Å²) in [5.74, 6) is 0. The van der Waals surface area contributed by atoms with E-state index < -0.39 is 0 Å². The van der Waals surface area contributed by atoms with E-state index in [-0.39, 0.29) is 10.6 Å². The standard InChI is InChI=1S/C17H15Cl2N3O/c1-17(2,3)14-13-8-10(9-23)15(19)20-16(13)22(21-14)12-6-4-11(18)5-7-12/h4-9H,1-3H3. The summed E-state index contributed by atoms with van der Waals surface area (Å²) in [5, 5.41) is 6.35. The van der Waals surface area contributed by atoms with Crippen LogP contribution in [0.2, 0.25) is 10.2 Å². The van der Waals surface area contributed by atoms with Crippen molar-refractivity contribution in [1.82, 2.24) is 14.8 Å². The molecule has 1 aromatic carbocycles. The van der Waals surface area contributed by atoms with Crippen LogP contribution in [0, 0.1) is 0 Å². The number of fused-ring (bicyclic) bond motifs is 1. The smallest absolute Gasteiger partial charge is 0.164 e. The summed E-state index contributed by atoms with van der Waals surface area (Å²) in [4.78, 5) is 15.6. The molecule has 0 amide bonds. The van der Waals surface area contributed by atoms with Crippen LogP contribution in [0.5, 0.6) is 0 Å². The van der Waals surface area contributed by atoms with Crippen molar-refractivity contribution in [2.24, 2.45) is 0 Å². The predicted molar refractivity (Wildman–Crippen MR) is 93.0 cm³/mol. The molecule has 0 aliphatic carbocycles. The average molecular weight is 348 g/mol. The maximum Gasteiger partial charge on any atom is 0.164 e. The molecular weight excluding hydrogens is 333 g/mol. The van der Waals surface area contributed by atoms with Crippen molar-refractivity contribution in [3.8, 4) is 5.69 Å². The van der Waals surface area contributed by atoms with E-state index in [0.29, 0.717) is 22.5 Å².